The van der Waals surface area contributed by atoms with Gasteiger partial charge in [-0.1, -0.05) is 17.7 Å². The SMILES string of the molecule is COc1ccc(-c2ccc(N)nc2)cc1CN(C(=O)c1sc2c(F)ccc(F)c2c1Cl)C1CCC(N(C)C(=O)O)CC1. The van der Waals surface area contributed by atoms with Gasteiger partial charge in [0.15, 0.2) is 0 Å². The summed E-state index contributed by atoms with van der Waals surface area (Å²) in [7, 11) is 3.08. The van der Waals surface area contributed by atoms with E-state index in [0.29, 0.717) is 42.8 Å². The number of hydrogen-bond acceptors (Lipinski definition) is 6. The number of carbonyl (C=O) groups is 2. The van der Waals surface area contributed by atoms with Crippen LogP contribution in [0.2, 0.25) is 5.02 Å². The molecule has 1 fully saturated rings. The Bertz CT molecular complexity index is 1640. The highest BCUT2D eigenvalue weighted by Gasteiger charge is 2.34. The number of methoxy groups -OCH3 is 1. The molecule has 0 radical (unpaired) electrons. The highest BCUT2D eigenvalue weighted by atomic mass is 35.5. The van der Waals surface area contributed by atoms with Crippen molar-refractivity contribution >= 4 is 50.8 Å². The van der Waals surface area contributed by atoms with Gasteiger partial charge >= 0.3 is 6.09 Å². The summed E-state index contributed by atoms with van der Waals surface area (Å²) in [5.74, 6) is -0.883. The van der Waals surface area contributed by atoms with Crippen LogP contribution in [0.3, 0.4) is 0 Å². The highest BCUT2D eigenvalue weighted by molar-refractivity contribution is 7.21. The molecule has 2 amide bonds. The zero-order valence-electron chi connectivity index (χ0n) is 22.9. The number of carboxylic acid groups (broad SMARTS) is 1. The number of fused-ring (bicyclic) bond motifs is 1. The molecule has 1 saturated carbocycles. The third-order valence-electron chi connectivity index (χ3n) is 7.83. The standard InChI is InChI=1S/C30H29ClF2N4O4S/c1-36(30(39)40)19-5-7-20(8-6-19)37(29(38)28-26(31)25-21(32)9-10-22(33)27(25)42-28)15-18-13-16(3-11-23(18)41-2)17-4-12-24(34)35-14-17/h3-4,9-14,19-20H,5-8,15H2,1-2H3,(H2,34,35)(H,39,40). The largest absolute Gasteiger partial charge is 0.496 e. The zero-order valence-corrected chi connectivity index (χ0v) is 24.5. The Morgan fingerprint density at radius 3 is 2.36 bits per heavy atom. The van der Waals surface area contributed by atoms with Crippen LogP contribution in [-0.4, -0.2) is 58.1 Å². The van der Waals surface area contributed by atoms with Gasteiger partial charge in [0, 0.05) is 43.0 Å². The number of halogens is 3. The smallest absolute Gasteiger partial charge is 0.407 e. The zero-order chi connectivity index (χ0) is 30.1. The minimum absolute atomic E-state index is 0.0227. The number of rotatable bonds is 7. The number of carbonyl (C=O) groups excluding carboxylic acids is 1. The fourth-order valence-corrected chi connectivity index (χ4v) is 6.99. The van der Waals surface area contributed by atoms with Crippen LogP contribution in [0.25, 0.3) is 21.2 Å². The number of anilines is 1. The number of aromatic nitrogens is 1. The van der Waals surface area contributed by atoms with Gasteiger partial charge in [0.25, 0.3) is 5.91 Å². The van der Waals surface area contributed by atoms with Gasteiger partial charge in [-0.05, 0) is 67.6 Å². The van der Waals surface area contributed by atoms with Gasteiger partial charge in [-0.2, -0.15) is 0 Å². The maximum absolute atomic E-state index is 14.7. The van der Waals surface area contributed by atoms with Gasteiger partial charge in [0.1, 0.15) is 28.1 Å². The molecule has 0 spiro atoms. The predicted octanol–water partition coefficient (Wildman–Crippen LogP) is 7.05. The first kappa shape index (κ1) is 29.5. The minimum atomic E-state index is -1.01. The first-order valence-electron chi connectivity index (χ1n) is 13.3. The first-order chi connectivity index (χ1) is 20.1. The second-order valence-electron chi connectivity index (χ2n) is 10.3. The van der Waals surface area contributed by atoms with E-state index in [9.17, 15) is 23.5 Å². The summed E-state index contributed by atoms with van der Waals surface area (Å²) in [6, 6.07) is 10.7. The van der Waals surface area contributed by atoms with E-state index in [0.717, 1.165) is 34.6 Å². The van der Waals surface area contributed by atoms with E-state index in [1.165, 1.54) is 12.0 Å². The number of nitrogens with two attached hydrogens (primary N) is 1. The lowest BCUT2D eigenvalue weighted by Crippen LogP contribution is -2.46. The molecule has 4 aromatic rings. The van der Waals surface area contributed by atoms with Gasteiger partial charge < -0.3 is 25.4 Å². The van der Waals surface area contributed by atoms with Crippen molar-refractivity contribution in [1.82, 2.24) is 14.8 Å². The molecule has 1 aliphatic rings. The average Bonchev–Trinajstić information content (AvgIpc) is 3.35. The first-order valence-corrected chi connectivity index (χ1v) is 14.5. The predicted molar refractivity (Wildman–Crippen MR) is 159 cm³/mol. The summed E-state index contributed by atoms with van der Waals surface area (Å²) in [6.45, 7) is 0.123. The van der Waals surface area contributed by atoms with E-state index < -0.39 is 23.6 Å². The number of pyridine rings is 1. The van der Waals surface area contributed by atoms with E-state index in [2.05, 4.69) is 4.98 Å². The molecule has 0 aliphatic heterocycles. The Labute approximate surface area is 250 Å². The van der Waals surface area contributed by atoms with Crippen LogP contribution >= 0.6 is 22.9 Å². The molecule has 8 nitrogen and oxygen atoms in total. The van der Waals surface area contributed by atoms with Crippen LogP contribution in [0.1, 0.15) is 40.9 Å². The second kappa shape index (κ2) is 12.1. The molecule has 0 bridgehead atoms. The molecule has 1 aliphatic carbocycles. The lowest BCUT2D eigenvalue weighted by molar-refractivity contribution is 0.0555. The Morgan fingerprint density at radius 2 is 1.74 bits per heavy atom. The monoisotopic (exact) mass is 614 g/mol. The molecule has 5 rings (SSSR count). The van der Waals surface area contributed by atoms with Crippen molar-refractivity contribution in [2.45, 2.75) is 44.3 Å². The van der Waals surface area contributed by atoms with Crippen molar-refractivity contribution in [3.05, 3.63) is 75.8 Å². The van der Waals surface area contributed by atoms with Crippen molar-refractivity contribution in [2.24, 2.45) is 0 Å². The Hall–Kier alpha value is -3.96. The molecule has 2 heterocycles. The van der Waals surface area contributed by atoms with E-state index in [1.807, 2.05) is 18.2 Å². The molecule has 2 aromatic heterocycles. The van der Waals surface area contributed by atoms with Crippen molar-refractivity contribution in [2.75, 3.05) is 19.9 Å². The summed E-state index contributed by atoms with van der Waals surface area (Å²) in [6.07, 6.45) is 2.81. The third-order valence-corrected chi connectivity index (χ3v) is 9.51. The molecule has 42 heavy (non-hydrogen) atoms. The molecule has 0 saturated heterocycles. The number of amides is 2. The number of hydrogen-bond donors (Lipinski definition) is 2. The lowest BCUT2D eigenvalue weighted by Gasteiger charge is -2.39. The van der Waals surface area contributed by atoms with E-state index >= 15 is 0 Å². The fourth-order valence-electron chi connectivity index (χ4n) is 5.49. The third kappa shape index (κ3) is 5.71. The van der Waals surface area contributed by atoms with Crippen molar-refractivity contribution < 1.29 is 28.2 Å². The molecule has 0 unspecified atom stereocenters. The van der Waals surface area contributed by atoms with E-state index in [-0.39, 0.29) is 38.6 Å². The lowest BCUT2D eigenvalue weighted by atomic mass is 9.89. The van der Waals surface area contributed by atoms with E-state index in [1.54, 1.807) is 30.3 Å². The Kier molecular flexibility index (Phi) is 8.51. The van der Waals surface area contributed by atoms with Crippen LogP contribution < -0.4 is 10.5 Å². The topological polar surface area (TPSA) is 109 Å². The number of benzene rings is 2. The second-order valence-corrected chi connectivity index (χ2v) is 11.7. The summed E-state index contributed by atoms with van der Waals surface area (Å²) in [5, 5.41) is 9.19. The summed E-state index contributed by atoms with van der Waals surface area (Å²) in [5.41, 5.74) is 8.12. The van der Waals surface area contributed by atoms with Crippen LogP contribution in [0.15, 0.2) is 48.7 Å². The molecule has 0 atom stereocenters. The summed E-state index contributed by atoms with van der Waals surface area (Å²) >= 11 is 7.35. The molecular weight excluding hydrogens is 586 g/mol. The number of ether oxygens (including phenoxy) is 1. The minimum Gasteiger partial charge on any atom is -0.496 e. The number of nitrogen functional groups attached to an aromatic ring is 1. The average molecular weight is 615 g/mol. The van der Waals surface area contributed by atoms with E-state index in [4.69, 9.17) is 22.1 Å². The fraction of sp³-hybridized carbons (Fsp3) is 0.300. The van der Waals surface area contributed by atoms with Crippen LogP contribution in [0.4, 0.5) is 19.4 Å². The molecule has 220 valence electrons. The number of thiophene rings is 1. The normalized spacial score (nSPS) is 16.8. The molecular formula is C30H29ClF2N4O4S. The van der Waals surface area contributed by atoms with Gasteiger partial charge in [-0.15, -0.1) is 11.3 Å². The number of nitrogens with zero attached hydrogens (tertiary/aromatic N) is 3. The maximum Gasteiger partial charge on any atom is 0.407 e. The van der Waals surface area contributed by atoms with Crippen molar-refractivity contribution in [3.63, 3.8) is 0 Å². The Morgan fingerprint density at radius 1 is 1.07 bits per heavy atom. The van der Waals surface area contributed by atoms with Crippen LogP contribution in [0.5, 0.6) is 5.75 Å². The van der Waals surface area contributed by atoms with Crippen molar-refractivity contribution in [3.8, 4) is 16.9 Å². The maximum atomic E-state index is 14.7. The van der Waals surface area contributed by atoms with Gasteiger partial charge in [-0.3, -0.25) is 4.79 Å². The van der Waals surface area contributed by atoms with Crippen LogP contribution in [0, 0.1) is 11.6 Å². The van der Waals surface area contributed by atoms with Gasteiger partial charge in [-0.25, -0.2) is 18.6 Å². The quantitative estimate of drug-likeness (QED) is 0.231. The van der Waals surface area contributed by atoms with Crippen molar-refractivity contribution in [1.29, 1.82) is 0 Å². The highest BCUT2D eigenvalue weighted by Crippen LogP contribution is 2.41. The Balaban J connectivity index is 1.54. The summed E-state index contributed by atoms with van der Waals surface area (Å²) in [4.78, 5) is 32.9. The molecule has 2 aromatic carbocycles. The molecule has 3 N–H and O–H groups in total. The summed E-state index contributed by atoms with van der Waals surface area (Å²) < 4.78 is 34.9. The van der Waals surface area contributed by atoms with Gasteiger partial charge in [0.2, 0.25) is 0 Å². The molecule has 12 heteroatoms. The van der Waals surface area contributed by atoms with Gasteiger partial charge in [0.05, 0.1) is 22.2 Å². The van der Waals surface area contributed by atoms with Crippen LogP contribution in [-0.2, 0) is 6.54 Å².